The highest BCUT2D eigenvalue weighted by Gasteiger charge is 2.33. The standard InChI is InChI=1S/C10H6Cl2F3N3O/c1-5-4-17(19)18(16-5)9-7(11)2-6(3-8(9)12)10(13,14)15/h2-4H,1H3. The van der Waals surface area contributed by atoms with Gasteiger partial charge in [-0.2, -0.15) is 18.0 Å². The number of hydrogen-bond acceptors (Lipinski definition) is 2. The molecule has 102 valence electrons. The zero-order valence-corrected chi connectivity index (χ0v) is 10.9. The molecule has 0 aliphatic carbocycles. The Labute approximate surface area is 115 Å². The second kappa shape index (κ2) is 4.57. The molecule has 0 bridgehead atoms. The summed E-state index contributed by atoms with van der Waals surface area (Å²) in [5.74, 6) is 0. The third-order valence-corrected chi connectivity index (χ3v) is 2.86. The van der Waals surface area contributed by atoms with Gasteiger partial charge in [0.2, 0.25) is 5.69 Å². The van der Waals surface area contributed by atoms with Gasteiger partial charge in [-0.3, -0.25) is 0 Å². The van der Waals surface area contributed by atoms with E-state index >= 15 is 0 Å². The van der Waals surface area contributed by atoms with Crippen LogP contribution in [0.4, 0.5) is 13.2 Å². The van der Waals surface area contributed by atoms with Gasteiger partial charge in [0.15, 0.2) is 11.9 Å². The number of nitrogens with zero attached hydrogens (tertiary/aromatic N) is 3. The van der Waals surface area contributed by atoms with Crippen molar-refractivity contribution >= 4 is 23.2 Å². The van der Waals surface area contributed by atoms with Crippen molar-refractivity contribution in [1.82, 2.24) is 9.90 Å². The van der Waals surface area contributed by atoms with Crippen LogP contribution in [0.1, 0.15) is 11.3 Å². The van der Waals surface area contributed by atoms with Crippen molar-refractivity contribution < 1.29 is 18.0 Å². The molecule has 9 heteroatoms. The molecule has 0 aliphatic heterocycles. The number of alkyl halides is 3. The van der Waals surface area contributed by atoms with Crippen LogP contribution in [-0.4, -0.2) is 9.90 Å². The van der Waals surface area contributed by atoms with Crippen molar-refractivity contribution in [1.29, 1.82) is 0 Å². The number of hydrogen-bond donors (Lipinski definition) is 0. The fraction of sp³-hybridized carbons (Fsp3) is 0.200. The Hall–Kier alpha value is -1.47. The van der Waals surface area contributed by atoms with Crippen LogP contribution in [0.15, 0.2) is 18.3 Å². The average Bonchev–Trinajstić information content (AvgIpc) is 2.55. The summed E-state index contributed by atoms with van der Waals surface area (Å²) >= 11 is 11.5. The van der Waals surface area contributed by atoms with Gasteiger partial charge >= 0.3 is 6.18 Å². The Morgan fingerprint density at radius 2 is 1.79 bits per heavy atom. The van der Waals surface area contributed by atoms with Crippen molar-refractivity contribution in [2.75, 3.05) is 0 Å². The van der Waals surface area contributed by atoms with E-state index in [1.165, 1.54) is 0 Å². The molecule has 1 aromatic carbocycles. The summed E-state index contributed by atoms with van der Waals surface area (Å²) in [5.41, 5.74) is -0.714. The molecule has 0 atom stereocenters. The lowest BCUT2D eigenvalue weighted by Gasteiger charge is -2.11. The molecule has 0 amide bonds. The van der Waals surface area contributed by atoms with Gasteiger partial charge in [-0.15, -0.1) is 0 Å². The molecule has 2 aromatic rings. The van der Waals surface area contributed by atoms with Gasteiger partial charge in [-0.25, -0.2) is 0 Å². The Kier molecular flexibility index (Phi) is 3.36. The van der Waals surface area contributed by atoms with Crippen LogP contribution in [0, 0.1) is 12.1 Å². The highest BCUT2D eigenvalue weighted by atomic mass is 35.5. The smallest absolute Gasteiger partial charge is 0.416 e. The Balaban J connectivity index is 2.64. The molecule has 4 nitrogen and oxygen atoms in total. The van der Waals surface area contributed by atoms with Gasteiger partial charge in [-0.05, 0) is 16.9 Å². The number of aromatic nitrogens is 3. The van der Waals surface area contributed by atoms with E-state index in [-0.39, 0.29) is 15.7 Å². The highest BCUT2D eigenvalue weighted by molar-refractivity contribution is 6.37. The largest absolute Gasteiger partial charge is 0.692 e. The molecular formula is C10H6Cl2F3N3O. The average molecular weight is 312 g/mol. The topological polar surface area (TPSA) is 44.8 Å². The first-order valence-electron chi connectivity index (χ1n) is 4.93. The second-order valence-electron chi connectivity index (χ2n) is 3.75. The van der Waals surface area contributed by atoms with Gasteiger partial charge in [0.25, 0.3) is 0 Å². The Morgan fingerprint density at radius 3 is 2.16 bits per heavy atom. The van der Waals surface area contributed by atoms with Crippen molar-refractivity contribution in [2.45, 2.75) is 13.1 Å². The van der Waals surface area contributed by atoms with Crippen molar-refractivity contribution in [3.05, 3.63) is 44.8 Å². The van der Waals surface area contributed by atoms with E-state index in [9.17, 15) is 18.4 Å². The molecule has 0 fully saturated rings. The summed E-state index contributed by atoms with van der Waals surface area (Å²) < 4.78 is 37.7. The minimum Gasteiger partial charge on any atom is -0.692 e. The van der Waals surface area contributed by atoms with Gasteiger partial charge < -0.3 is 5.21 Å². The summed E-state index contributed by atoms with van der Waals surface area (Å²) in [6, 6.07) is 1.39. The molecule has 1 heterocycles. The molecule has 0 N–H and O–H groups in total. The first-order chi connectivity index (χ1) is 8.70. The van der Waals surface area contributed by atoms with Crippen LogP contribution in [0.3, 0.4) is 0 Å². The van der Waals surface area contributed by atoms with Crippen molar-refractivity contribution in [3.63, 3.8) is 0 Å². The maximum absolute atomic E-state index is 12.6. The lowest BCUT2D eigenvalue weighted by molar-refractivity contribution is -0.688. The minimum atomic E-state index is -4.57. The van der Waals surface area contributed by atoms with Crippen LogP contribution in [0.5, 0.6) is 0 Å². The van der Waals surface area contributed by atoms with E-state index in [0.29, 0.717) is 22.7 Å². The molecule has 0 radical (unpaired) electrons. The van der Waals surface area contributed by atoms with E-state index in [1.54, 1.807) is 6.92 Å². The van der Waals surface area contributed by atoms with Crippen LogP contribution in [0.2, 0.25) is 10.0 Å². The molecule has 0 unspecified atom stereocenters. The first kappa shape index (κ1) is 14.0. The van der Waals surface area contributed by atoms with Crippen molar-refractivity contribution in [2.24, 2.45) is 0 Å². The van der Waals surface area contributed by atoms with E-state index in [0.717, 1.165) is 11.0 Å². The lowest BCUT2D eigenvalue weighted by Crippen LogP contribution is -2.36. The van der Waals surface area contributed by atoms with Crippen LogP contribution in [-0.2, 0) is 6.18 Å². The molecule has 19 heavy (non-hydrogen) atoms. The highest BCUT2D eigenvalue weighted by Crippen LogP contribution is 2.36. The fourth-order valence-electron chi connectivity index (χ4n) is 1.50. The molecule has 0 spiro atoms. The van der Waals surface area contributed by atoms with E-state index < -0.39 is 11.7 Å². The van der Waals surface area contributed by atoms with Crippen LogP contribution in [0.25, 0.3) is 5.69 Å². The second-order valence-corrected chi connectivity index (χ2v) is 4.56. The van der Waals surface area contributed by atoms with Crippen molar-refractivity contribution in [3.8, 4) is 5.69 Å². The van der Waals surface area contributed by atoms with E-state index in [1.807, 2.05) is 0 Å². The number of halogens is 5. The normalized spacial score (nSPS) is 11.9. The zero-order chi connectivity index (χ0) is 14.4. The monoisotopic (exact) mass is 311 g/mol. The maximum atomic E-state index is 12.6. The Morgan fingerprint density at radius 1 is 1.26 bits per heavy atom. The van der Waals surface area contributed by atoms with Crippen LogP contribution >= 0.6 is 23.2 Å². The quantitative estimate of drug-likeness (QED) is 0.600. The molecule has 0 aliphatic rings. The van der Waals surface area contributed by atoms with Gasteiger partial charge in [0, 0.05) is 12.0 Å². The summed E-state index contributed by atoms with van der Waals surface area (Å²) in [4.78, 5) is 1.12. The lowest BCUT2D eigenvalue weighted by atomic mass is 10.2. The molecule has 2 rings (SSSR count). The zero-order valence-electron chi connectivity index (χ0n) is 9.37. The molecular weight excluding hydrogens is 306 g/mol. The molecule has 1 aromatic heterocycles. The number of benzene rings is 1. The summed E-state index contributed by atoms with van der Waals surface area (Å²) in [5, 5.41) is 14.7. The first-order valence-corrected chi connectivity index (χ1v) is 5.68. The summed E-state index contributed by atoms with van der Waals surface area (Å²) in [7, 11) is 0. The summed E-state index contributed by atoms with van der Waals surface area (Å²) in [6.07, 6.45) is -3.43. The number of rotatable bonds is 1. The Bertz CT molecular complexity index is 616. The van der Waals surface area contributed by atoms with Gasteiger partial charge in [0.1, 0.15) is 0 Å². The van der Waals surface area contributed by atoms with E-state index in [2.05, 4.69) is 5.10 Å². The van der Waals surface area contributed by atoms with E-state index in [4.69, 9.17) is 23.2 Å². The predicted octanol–water partition coefficient (Wildman–Crippen LogP) is 3.14. The van der Waals surface area contributed by atoms with Gasteiger partial charge in [-0.1, -0.05) is 23.2 Å². The fourth-order valence-corrected chi connectivity index (χ4v) is 2.14. The third kappa shape index (κ3) is 2.62. The molecule has 0 saturated carbocycles. The van der Waals surface area contributed by atoms with Crippen LogP contribution < -0.4 is 4.85 Å². The van der Waals surface area contributed by atoms with Gasteiger partial charge in [0.05, 0.1) is 15.6 Å². The molecule has 0 saturated heterocycles. The maximum Gasteiger partial charge on any atom is 0.416 e. The SMILES string of the molecule is Cc1c[n+]([O-])n(-c2c(Cl)cc(C(F)(F)F)cc2Cl)n1. The minimum absolute atomic E-state index is 0.0977. The third-order valence-electron chi connectivity index (χ3n) is 2.28. The predicted molar refractivity (Wildman–Crippen MR) is 62.3 cm³/mol. The summed E-state index contributed by atoms with van der Waals surface area (Å²) in [6.45, 7) is 1.55. The number of aryl methyl sites for hydroxylation is 1.